The number of carbonyl (C=O) groups excluding carboxylic acids is 1. The van der Waals surface area contributed by atoms with Crippen molar-refractivity contribution in [2.75, 3.05) is 12.8 Å². The quantitative estimate of drug-likeness (QED) is 0.536. The molecule has 4 nitrogen and oxygen atoms in total. The number of rotatable bonds is 3. The van der Waals surface area contributed by atoms with E-state index in [1.54, 1.807) is 12.1 Å². The Hall–Kier alpha value is -1.55. The van der Waals surface area contributed by atoms with Gasteiger partial charge in [0.15, 0.2) is 0 Å². The maximum Gasteiger partial charge on any atom is 0.322 e. The van der Waals surface area contributed by atoms with Crippen molar-refractivity contribution in [3.63, 3.8) is 0 Å². The molecule has 0 amide bonds. The number of hydrogen-bond donors (Lipinski definition) is 2. The van der Waals surface area contributed by atoms with Gasteiger partial charge in [-0.3, -0.25) is 4.79 Å². The number of hydrogen-bond acceptors (Lipinski definition) is 4. The zero-order chi connectivity index (χ0) is 10.6. The van der Waals surface area contributed by atoms with Crippen molar-refractivity contribution in [3.05, 3.63) is 29.8 Å². The lowest BCUT2D eigenvalue weighted by atomic mass is 10.1. The summed E-state index contributed by atoms with van der Waals surface area (Å²) < 4.78 is 4.52. The van der Waals surface area contributed by atoms with Gasteiger partial charge < -0.3 is 16.2 Å². The number of esters is 1. The van der Waals surface area contributed by atoms with Gasteiger partial charge in [0.1, 0.15) is 6.04 Å². The van der Waals surface area contributed by atoms with E-state index in [2.05, 4.69) is 4.74 Å². The molecule has 0 saturated heterocycles. The molecular formula is C10H14N2O2. The van der Waals surface area contributed by atoms with Crippen molar-refractivity contribution in [1.82, 2.24) is 0 Å². The number of carbonyl (C=O) groups is 1. The Morgan fingerprint density at radius 3 is 2.86 bits per heavy atom. The van der Waals surface area contributed by atoms with Crippen molar-refractivity contribution < 1.29 is 9.53 Å². The Morgan fingerprint density at radius 2 is 2.29 bits per heavy atom. The van der Waals surface area contributed by atoms with Crippen molar-refractivity contribution in [2.24, 2.45) is 5.73 Å². The fraction of sp³-hybridized carbons (Fsp3) is 0.300. The van der Waals surface area contributed by atoms with E-state index in [-0.39, 0.29) is 0 Å². The van der Waals surface area contributed by atoms with E-state index in [0.29, 0.717) is 12.1 Å². The number of ether oxygens (including phenoxy) is 1. The van der Waals surface area contributed by atoms with Crippen LogP contribution in [-0.2, 0) is 16.0 Å². The molecule has 0 aliphatic rings. The molecule has 14 heavy (non-hydrogen) atoms. The average molecular weight is 194 g/mol. The Morgan fingerprint density at radius 1 is 1.57 bits per heavy atom. The minimum atomic E-state index is -0.623. The highest BCUT2D eigenvalue weighted by molar-refractivity contribution is 5.75. The molecule has 0 aliphatic heterocycles. The first-order chi connectivity index (χ1) is 6.63. The third kappa shape index (κ3) is 2.74. The Balaban J connectivity index is 2.64. The number of anilines is 1. The molecule has 0 aromatic heterocycles. The molecule has 1 aromatic rings. The van der Waals surface area contributed by atoms with Crippen LogP contribution in [0.2, 0.25) is 0 Å². The fourth-order valence-electron chi connectivity index (χ4n) is 1.21. The average Bonchev–Trinajstić information content (AvgIpc) is 2.16. The van der Waals surface area contributed by atoms with Crippen LogP contribution in [-0.4, -0.2) is 19.1 Å². The van der Waals surface area contributed by atoms with E-state index < -0.39 is 12.0 Å². The summed E-state index contributed by atoms with van der Waals surface area (Å²) in [4.78, 5) is 11.0. The maximum absolute atomic E-state index is 11.0. The van der Waals surface area contributed by atoms with Gasteiger partial charge in [0.2, 0.25) is 0 Å². The van der Waals surface area contributed by atoms with E-state index in [9.17, 15) is 4.79 Å². The zero-order valence-electron chi connectivity index (χ0n) is 8.07. The molecule has 1 rings (SSSR count). The SMILES string of the molecule is COC(=O)[C@H](N)Cc1cccc(N)c1. The molecule has 0 fully saturated rings. The van der Waals surface area contributed by atoms with Crippen LogP contribution in [0.1, 0.15) is 5.56 Å². The Labute approximate surface area is 82.8 Å². The van der Waals surface area contributed by atoms with Crippen LogP contribution in [0.5, 0.6) is 0 Å². The van der Waals surface area contributed by atoms with Gasteiger partial charge in [0.25, 0.3) is 0 Å². The van der Waals surface area contributed by atoms with Crippen molar-refractivity contribution in [1.29, 1.82) is 0 Å². The molecule has 0 bridgehead atoms. The number of nitrogens with two attached hydrogens (primary N) is 2. The summed E-state index contributed by atoms with van der Waals surface area (Å²) in [6.45, 7) is 0. The highest BCUT2D eigenvalue weighted by atomic mass is 16.5. The molecule has 4 heteroatoms. The highest BCUT2D eigenvalue weighted by Crippen LogP contribution is 2.08. The summed E-state index contributed by atoms with van der Waals surface area (Å²) in [6, 6.07) is 6.66. The first-order valence-corrected chi connectivity index (χ1v) is 4.31. The van der Waals surface area contributed by atoms with E-state index in [1.165, 1.54) is 7.11 Å². The lowest BCUT2D eigenvalue weighted by Gasteiger charge is -2.09. The molecule has 0 radical (unpaired) electrons. The molecule has 0 aliphatic carbocycles. The second kappa shape index (κ2) is 4.62. The summed E-state index contributed by atoms with van der Waals surface area (Å²) in [5, 5.41) is 0. The molecule has 4 N–H and O–H groups in total. The Bertz CT molecular complexity index is 326. The smallest absolute Gasteiger partial charge is 0.322 e. The lowest BCUT2D eigenvalue weighted by molar-refractivity contribution is -0.142. The summed E-state index contributed by atoms with van der Waals surface area (Å²) in [6.07, 6.45) is 0.442. The van der Waals surface area contributed by atoms with Crippen LogP contribution in [0.15, 0.2) is 24.3 Å². The topological polar surface area (TPSA) is 78.3 Å². The van der Waals surface area contributed by atoms with Crippen molar-refractivity contribution in [2.45, 2.75) is 12.5 Å². The van der Waals surface area contributed by atoms with Gasteiger partial charge in [0.05, 0.1) is 7.11 Å². The minimum absolute atomic E-state index is 0.410. The molecule has 1 atom stereocenters. The number of methoxy groups -OCH3 is 1. The number of benzene rings is 1. The number of nitrogen functional groups attached to an aromatic ring is 1. The first-order valence-electron chi connectivity index (χ1n) is 4.31. The van der Waals surface area contributed by atoms with E-state index in [0.717, 1.165) is 5.56 Å². The van der Waals surface area contributed by atoms with Crippen LogP contribution in [0.25, 0.3) is 0 Å². The predicted octanol–water partition coefficient (Wildman–Crippen LogP) is 0.312. The summed E-state index contributed by atoms with van der Waals surface area (Å²) in [7, 11) is 1.32. The third-order valence-corrected chi connectivity index (χ3v) is 1.91. The van der Waals surface area contributed by atoms with Crippen LogP contribution in [0, 0.1) is 0 Å². The Kier molecular flexibility index (Phi) is 3.48. The maximum atomic E-state index is 11.0. The molecular weight excluding hydrogens is 180 g/mol. The third-order valence-electron chi connectivity index (χ3n) is 1.91. The molecule has 0 heterocycles. The fourth-order valence-corrected chi connectivity index (χ4v) is 1.21. The van der Waals surface area contributed by atoms with Crippen LogP contribution >= 0.6 is 0 Å². The molecule has 0 saturated carbocycles. The van der Waals surface area contributed by atoms with Crippen LogP contribution in [0.3, 0.4) is 0 Å². The van der Waals surface area contributed by atoms with Crippen LogP contribution in [0.4, 0.5) is 5.69 Å². The zero-order valence-corrected chi connectivity index (χ0v) is 8.07. The second-order valence-corrected chi connectivity index (χ2v) is 3.08. The second-order valence-electron chi connectivity index (χ2n) is 3.08. The summed E-state index contributed by atoms with van der Waals surface area (Å²) >= 11 is 0. The molecule has 1 aromatic carbocycles. The van der Waals surface area contributed by atoms with Crippen LogP contribution < -0.4 is 11.5 Å². The van der Waals surface area contributed by atoms with Crippen molar-refractivity contribution in [3.8, 4) is 0 Å². The van der Waals surface area contributed by atoms with Gasteiger partial charge in [-0.1, -0.05) is 12.1 Å². The standard InChI is InChI=1S/C10H14N2O2/c1-14-10(13)9(12)6-7-3-2-4-8(11)5-7/h2-5,9H,6,11-12H2,1H3/t9-/m1/s1. The van der Waals surface area contributed by atoms with Gasteiger partial charge in [-0.05, 0) is 24.1 Å². The van der Waals surface area contributed by atoms with Crippen molar-refractivity contribution >= 4 is 11.7 Å². The van der Waals surface area contributed by atoms with Gasteiger partial charge in [0, 0.05) is 5.69 Å². The largest absolute Gasteiger partial charge is 0.468 e. The molecule has 0 spiro atoms. The van der Waals surface area contributed by atoms with Gasteiger partial charge in [-0.25, -0.2) is 0 Å². The molecule has 76 valence electrons. The lowest BCUT2D eigenvalue weighted by Crippen LogP contribution is -2.33. The van der Waals surface area contributed by atoms with E-state index in [1.807, 2.05) is 12.1 Å². The normalized spacial score (nSPS) is 12.1. The monoisotopic (exact) mass is 194 g/mol. The highest BCUT2D eigenvalue weighted by Gasteiger charge is 2.13. The van der Waals surface area contributed by atoms with E-state index >= 15 is 0 Å². The van der Waals surface area contributed by atoms with E-state index in [4.69, 9.17) is 11.5 Å². The van der Waals surface area contributed by atoms with Gasteiger partial charge in [-0.2, -0.15) is 0 Å². The predicted molar refractivity (Wildman–Crippen MR) is 54.5 cm³/mol. The van der Waals surface area contributed by atoms with Gasteiger partial charge >= 0.3 is 5.97 Å². The molecule has 0 unspecified atom stereocenters. The summed E-state index contributed by atoms with van der Waals surface area (Å²) in [5.41, 5.74) is 12.8. The summed E-state index contributed by atoms with van der Waals surface area (Å²) in [5.74, 6) is -0.410. The van der Waals surface area contributed by atoms with Gasteiger partial charge in [-0.15, -0.1) is 0 Å². The first kappa shape index (κ1) is 10.5. The minimum Gasteiger partial charge on any atom is -0.468 e.